The van der Waals surface area contributed by atoms with Crippen LogP contribution in [0.1, 0.15) is 27.4 Å². The van der Waals surface area contributed by atoms with Crippen LogP contribution in [0.2, 0.25) is 0 Å². The van der Waals surface area contributed by atoms with E-state index in [0.29, 0.717) is 17.9 Å². The SMILES string of the molecule is COc1ccc(Cc2nc(C(=O)Nc3ccc(-c4nc5ccc(C)cc5s4)cc3)cc(=O)[nH]2)cc1. The molecule has 0 atom stereocenters. The number of thiazole rings is 1. The van der Waals surface area contributed by atoms with Crippen LogP contribution in [-0.2, 0) is 6.42 Å². The Kier molecular flexibility index (Phi) is 6.12. The van der Waals surface area contributed by atoms with E-state index >= 15 is 0 Å². The summed E-state index contributed by atoms with van der Waals surface area (Å²) in [6, 6.07) is 22.3. The van der Waals surface area contributed by atoms with Gasteiger partial charge in [0.1, 0.15) is 22.3 Å². The Balaban J connectivity index is 1.31. The number of aromatic nitrogens is 3. The van der Waals surface area contributed by atoms with E-state index in [-0.39, 0.29) is 11.3 Å². The number of aromatic amines is 1. The molecule has 0 aliphatic heterocycles. The van der Waals surface area contributed by atoms with Crippen molar-refractivity contribution in [1.82, 2.24) is 15.0 Å². The highest BCUT2D eigenvalue weighted by atomic mass is 32.1. The maximum absolute atomic E-state index is 12.8. The van der Waals surface area contributed by atoms with Gasteiger partial charge >= 0.3 is 0 Å². The first-order valence-electron chi connectivity index (χ1n) is 11.0. The molecule has 8 heteroatoms. The molecule has 0 saturated heterocycles. The molecule has 2 N–H and O–H groups in total. The molecule has 0 saturated carbocycles. The van der Waals surface area contributed by atoms with Gasteiger partial charge in [0.2, 0.25) is 0 Å². The number of fused-ring (bicyclic) bond motifs is 1. The predicted octanol–water partition coefficient (Wildman–Crippen LogP) is 5.21. The quantitative estimate of drug-likeness (QED) is 0.346. The van der Waals surface area contributed by atoms with Gasteiger partial charge < -0.3 is 15.0 Å². The van der Waals surface area contributed by atoms with E-state index in [0.717, 1.165) is 32.1 Å². The molecule has 174 valence electrons. The molecule has 35 heavy (non-hydrogen) atoms. The lowest BCUT2D eigenvalue weighted by molar-refractivity contribution is 0.102. The van der Waals surface area contributed by atoms with Crippen molar-refractivity contribution in [1.29, 1.82) is 0 Å². The third-order valence-corrected chi connectivity index (χ3v) is 6.55. The van der Waals surface area contributed by atoms with Crippen LogP contribution in [-0.4, -0.2) is 28.0 Å². The lowest BCUT2D eigenvalue weighted by atomic mass is 10.1. The monoisotopic (exact) mass is 482 g/mol. The Morgan fingerprint density at radius 3 is 2.51 bits per heavy atom. The van der Waals surface area contributed by atoms with Crippen LogP contribution in [0.3, 0.4) is 0 Å². The molecule has 0 bridgehead atoms. The zero-order valence-corrected chi connectivity index (χ0v) is 20.0. The number of carbonyl (C=O) groups is 1. The first-order chi connectivity index (χ1) is 17.0. The summed E-state index contributed by atoms with van der Waals surface area (Å²) >= 11 is 1.63. The maximum atomic E-state index is 12.8. The van der Waals surface area contributed by atoms with Gasteiger partial charge in [-0.1, -0.05) is 18.2 Å². The lowest BCUT2D eigenvalue weighted by Crippen LogP contribution is -2.20. The molecular weight excluding hydrogens is 460 g/mol. The third kappa shape index (κ3) is 5.12. The minimum absolute atomic E-state index is 0.0582. The number of H-pyrrole nitrogens is 1. The molecule has 0 radical (unpaired) electrons. The molecule has 0 aliphatic carbocycles. The van der Waals surface area contributed by atoms with Gasteiger partial charge in [0.25, 0.3) is 11.5 Å². The molecule has 1 amide bonds. The fourth-order valence-electron chi connectivity index (χ4n) is 3.69. The molecule has 2 aromatic heterocycles. The summed E-state index contributed by atoms with van der Waals surface area (Å²) in [4.78, 5) is 36.7. The molecule has 0 aliphatic rings. The van der Waals surface area contributed by atoms with Crippen molar-refractivity contribution in [3.8, 4) is 16.3 Å². The van der Waals surface area contributed by atoms with Crippen molar-refractivity contribution in [2.75, 3.05) is 12.4 Å². The number of ether oxygens (including phenoxy) is 1. The van der Waals surface area contributed by atoms with Gasteiger partial charge in [-0.3, -0.25) is 9.59 Å². The van der Waals surface area contributed by atoms with Crippen LogP contribution in [0.25, 0.3) is 20.8 Å². The summed E-state index contributed by atoms with van der Waals surface area (Å²) in [5.74, 6) is 0.706. The van der Waals surface area contributed by atoms with E-state index in [1.54, 1.807) is 18.4 Å². The average Bonchev–Trinajstić information content (AvgIpc) is 3.28. The summed E-state index contributed by atoms with van der Waals surface area (Å²) < 4.78 is 6.31. The van der Waals surface area contributed by atoms with Crippen molar-refractivity contribution in [3.63, 3.8) is 0 Å². The topological polar surface area (TPSA) is 97.0 Å². The highest BCUT2D eigenvalue weighted by Crippen LogP contribution is 2.31. The van der Waals surface area contributed by atoms with E-state index in [1.165, 1.54) is 11.6 Å². The molecule has 7 nitrogen and oxygen atoms in total. The number of rotatable bonds is 6. The van der Waals surface area contributed by atoms with Crippen LogP contribution in [0.4, 0.5) is 5.69 Å². The predicted molar refractivity (Wildman–Crippen MR) is 138 cm³/mol. The highest BCUT2D eigenvalue weighted by Gasteiger charge is 2.12. The number of methoxy groups -OCH3 is 1. The molecule has 3 aromatic carbocycles. The van der Waals surface area contributed by atoms with Crippen molar-refractivity contribution in [2.24, 2.45) is 0 Å². The first-order valence-corrected chi connectivity index (χ1v) is 11.8. The second kappa shape index (κ2) is 9.52. The normalized spacial score (nSPS) is 10.9. The van der Waals surface area contributed by atoms with Gasteiger partial charge in [-0.25, -0.2) is 9.97 Å². The highest BCUT2D eigenvalue weighted by molar-refractivity contribution is 7.21. The Labute approximate surface area is 205 Å². The largest absolute Gasteiger partial charge is 0.497 e. The molecule has 0 spiro atoms. The van der Waals surface area contributed by atoms with Gasteiger partial charge in [0.15, 0.2) is 0 Å². The van der Waals surface area contributed by atoms with Crippen molar-refractivity contribution < 1.29 is 9.53 Å². The van der Waals surface area contributed by atoms with Crippen molar-refractivity contribution >= 4 is 33.1 Å². The van der Waals surface area contributed by atoms with Gasteiger partial charge in [-0.2, -0.15) is 0 Å². The number of nitrogens with one attached hydrogen (secondary N) is 2. The fraction of sp³-hybridized carbons (Fsp3) is 0.111. The molecular formula is C27H22N4O3S. The zero-order chi connectivity index (χ0) is 24.4. The van der Waals surface area contributed by atoms with E-state index < -0.39 is 5.91 Å². The van der Waals surface area contributed by atoms with Gasteiger partial charge in [-0.15, -0.1) is 11.3 Å². The molecule has 5 rings (SSSR count). The summed E-state index contributed by atoms with van der Waals surface area (Å²) in [6.07, 6.45) is 0.386. The Bertz CT molecular complexity index is 1570. The van der Waals surface area contributed by atoms with Gasteiger partial charge in [0, 0.05) is 23.7 Å². The number of hydrogen-bond donors (Lipinski definition) is 2. The molecule has 2 heterocycles. The zero-order valence-electron chi connectivity index (χ0n) is 19.2. The van der Waals surface area contributed by atoms with Crippen molar-refractivity contribution in [2.45, 2.75) is 13.3 Å². The Morgan fingerprint density at radius 1 is 1.00 bits per heavy atom. The third-order valence-electron chi connectivity index (χ3n) is 5.49. The number of nitrogens with zero attached hydrogens (tertiary/aromatic N) is 2. The number of hydrogen-bond acceptors (Lipinski definition) is 6. The van der Waals surface area contributed by atoms with Crippen LogP contribution in [0.15, 0.2) is 77.6 Å². The van der Waals surface area contributed by atoms with Crippen molar-refractivity contribution in [3.05, 3.63) is 106 Å². The average molecular weight is 483 g/mol. The first kappa shape index (κ1) is 22.5. The number of benzene rings is 3. The minimum Gasteiger partial charge on any atom is -0.497 e. The summed E-state index contributed by atoms with van der Waals surface area (Å²) in [5.41, 5.74) is 4.36. The smallest absolute Gasteiger partial charge is 0.274 e. The number of anilines is 1. The van der Waals surface area contributed by atoms with Crippen LogP contribution in [0.5, 0.6) is 5.75 Å². The number of aryl methyl sites for hydroxylation is 1. The van der Waals surface area contributed by atoms with E-state index in [2.05, 4.69) is 34.3 Å². The Morgan fingerprint density at radius 2 is 1.77 bits per heavy atom. The molecule has 5 aromatic rings. The van der Waals surface area contributed by atoms with E-state index in [9.17, 15) is 9.59 Å². The van der Waals surface area contributed by atoms with Crippen LogP contribution >= 0.6 is 11.3 Å². The number of carbonyl (C=O) groups excluding carboxylic acids is 1. The maximum Gasteiger partial charge on any atom is 0.274 e. The van der Waals surface area contributed by atoms with Crippen LogP contribution < -0.4 is 15.6 Å². The summed E-state index contributed by atoms with van der Waals surface area (Å²) in [6.45, 7) is 2.06. The minimum atomic E-state index is -0.449. The van der Waals surface area contributed by atoms with Crippen LogP contribution in [0, 0.1) is 6.92 Å². The Hall–Kier alpha value is -4.30. The summed E-state index contributed by atoms with van der Waals surface area (Å²) in [5, 5.41) is 3.74. The molecule has 0 unspecified atom stereocenters. The van der Waals surface area contributed by atoms with Gasteiger partial charge in [0.05, 0.1) is 17.3 Å². The number of amides is 1. The second-order valence-corrected chi connectivity index (χ2v) is 9.15. The standard InChI is InChI=1S/C27H22N4O3S/c1-16-3-12-21-23(13-16)35-27(30-21)18-6-8-19(9-7-18)28-26(33)22-15-25(32)31-24(29-22)14-17-4-10-20(34-2)11-5-17/h3-13,15H,14H2,1-2H3,(H,28,33)(H,29,31,32). The fourth-order valence-corrected chi connectivity index (χ4v) is 4.76. The molecule has 0 fully saturated rings. The summed E-state index contributed by atoms with van der Waals surface area (Å²) in [7, 11) is 1.60. The lowest BCUT2D eigenvalue weighted by Gasteiger charge is -2.07. The van der Waals surface area contributed by atoms with E-state index in [1.807, 2.05) is 54.6 Å². The van der Waals surface area contributed by atoms with E-state index in [4.69, 9.17) is 9.72 Å². The van der Waals surface area contributed by atoms with Gasteiger partial charge in [-0.05, 0) is 66.6 Å². The second-order valence-electron chi connectivity index (χ2n) is 8.12.